The van der Waals surface area contributed by atoms with E-state index in [1.165, 1.54) is 0 Å². The van der Waals surface area contributed by atoms with Crippen molar-refractivity contribution in [3.63, 3.8) is 0 Å². The zero-order chi connectivity index (χ0) is 17.0. The molecule has 1 aromatic heterocycles. The van der Waals surface area contributed by atoms with Crippen molar-refractivity contribution < 1.29 is 9.59 Å². The van der Waals surface area contributed by atoms with Crippen LogP contribution in [0.5, 0.6) is 0 Å². The summed E-state index contributed by atoms with van der Waals surface area (Å²) in [6.45, 7) is 9.17. The number of carbonyl (C=O) groups is 2. The molecular formula is C18H27N3O2. The Morgan fingerprint density at radius 1 is 1.39 bits per heavy atom. The van der Waals surface area contributed by atoms with Crippen LogP contribution in [0.15, 0.2) is 24.4 Å². The number of nitrogens with zero attached hydrogens (tertiary/aromatic N) is 3. The molecule has 1 unspecified atom stereocenters. The molecule has 5 heteroatoms. The van der Waals surface area contributed by atoms with E-state index in [-0.39, 0.29) is 23.4 Å². The third-order valence-electron chi connectivity index (χ3n) is 4.28. The Bertz CT molecular complexity index is 551. The third-order valence-corrected chi connectivity index (χ3v) is 4.28. The Morgan fingerprint density at radius 3 is 2.61 bits per heavy atom. The highest BCUT2D eigenvalue weighted by Crippen LogP contribution is 2.23. The Hall–Kier alpha value is -1.91. The number of pyridine rings is 1. The van der Waals surface area contributed by atoms with Crippen molar-refractivity contribution in [3.8, 4) is 0 Å². The van der Waals surface area contributed by atoms with Gasteiger partial charge in [0.2, 0.25) is 11.8 Å². The van der Waals surface area contributed by atoms with Crippen LogP contribution in [0.2, 0.25) is 0 Å². The van der Waals surface area contributed by atoms with Crippen molar-refractivity contribution in [3.05, 3.63) is 30.1 Å². The average molecular weight is 317 g/mol. The van der Waals surface area contributed by atoms with Gasteiger partial charge >= 0.3 is 0 Å². The van der Waals surface area contributed by atoms with E-state index < -0.39 is 0 Å². The van der Waals surface area contributed by atoms with Gasteiger partial charge in [-0.05, 0) is 45.7 Å². The number of hydrogen-bond donors (Lipinski definition) is 0. The molecule has 126 valence electrons. The molecule has 0 saturated carbocycles. The Morgan fingerprint density at radius 2 is 2.13 bits per heavy atom. The molecule has 0 aromatic carbocycles. The normalized spacial score (nSPS) is 16.5. The van der Waals surface area contributed by atoms with E-state index in [2.05, 4.69) is 4.98 Å². The number of amides is 2. The molecule has 1 aliphatic heterocycles. The minimum absolute atomic E-state index is 0.0147. The van der Waals surface area contributed by atoms with Crippen LogP contribution >= 0.6 is 0 Å². The summed E-state index contributed by atoms with van der Waals surface area (Å²) < 4.78 is 0. The number of hydrogen-bond acceptors (Lipinski definition) is 3. The lowest BCUT2D eigenvalue weighted by Gasteiger charge is -2.39. The first kappa shape index (κ1) is 17.4. The van der Waals surface area contributed by atoms with Crippen molar-refractivity contribution in [2.24, 2.45) is 0 Å². The predicted octanol–water partition coefficient (Wildman–Crippen LogP) is 2.61. The molecule has 0 N–H and O–H groups in total. The smallest absolute Gasteiger partial charge is 0.246 e. The van der Waals surface area contributed by atoms with Crippen molar-refractivity contribution in [1.82, 2.24) is 14.8 Å². The Kier molecular flexibility index (Phi) is 5.39. The molecule has 2 amide bonds. The van der Waals surface area contributed by atoms with Gasteiger partial charge in [0.25, 0.3) is 0 Å². The minimum Gasteiger partial charge on any atom is -0.331 e. The third kappa shape index (κ3) is 4.09. The first-order valence-electron chi connectivity index (χ1n) is 8.35. The van der Waals surface area contributed by atoms with Gasteiger partial charge in [-0.15, -0.1) is 0 Å². The van der Waals surface area contributed by atoms with Gasteiger partial charge in [-0.3, -0.25) is 14.6 Å². The van der Waals surface area contributed by atoms with Crippen molar-refractivity contribution >= 4 is 11.8 Å². The molecule has 1 aromatic rings. The molecular weight excluding hydrogens is 290 g/mol. The van der Waals surface area contributed by atoms with Crippen LogP contribution in [-0.2, 0) is 16.1 Å². The summed E-state index contributed by atoms with van der Waals surface area (Å²) in [5.41, 5.74) is 0.531. The minimum atomic E-state index is -0.368. The van der Waals surface area contributed by atoms with Gasteiger partial charge < -0.3 is 9.80 Å². The van der Waals surface area contributed by atoms with E-state index in [9.17, 15) is 9.59 Å². The van der Waals surface area contributed by atoms with Crippen LogP contribution in [0.1, 0.15) is 52.7 Å². The molecule has 1 fully saturated rings. The fourth-order valence-corrected chi connectivity index (χ4v) is 3.01. The SMILES string of the molecule is CCC(C(=O)N(Cc1ccccn1)C(C)(C)C)N1CCCC1=O. The summed E-state index contributed by atoms with van der Waals surface area (Å²) >= 11 is 0. The maximum atomic E-state index is 13.2. The summed E-state index contributed by atoms with van der Waals surface area (Å²) in [6.07, 6.45) is 3.78. The van der Waals surface area contributed by atoms with Crippen LogP contribution in [-0.4, -0.2) is 44.7 Å². The highest BCUT2D eigenvalue weighted by atomic mass is 16.2. The Labute approximate surface area is 138 Å². The van der Waals surface area contributed by atoms with Gasteiger partial charge in [-0.2, -0.15) is 0 Å². The monoisotopic (exact) mass is 317 g/mol. The molecule has 0 radical (unpaired) electrons. The second kappa shape index (κ2) is 7.11. The lowest BCUT2D eigenvalue weighted by molar-refractivity contribution is -0.148. The number of likely N-dealkylation sites (tertiary alicyclic amines) is 1. The molecule has 1 saturated heterocycles. The summed E-state index contributed by atoms with van der Waals surface area (Å²) in [5, 5.41) is 0. The average Bonchev–Trinajstić information content (AvgIpc) is 2.91. The maximum Gasteiger partial charge on any atom is 0.246 e. The fraction of sp³-hybridized carbons (Fsp3) is 0.611. The molecule has 23 heavy (non-hydrogen) atoms. The Balaban J connectivity index is 2.23. The van der Waals surface area contributed by atoms with Crippen LogP contribution in [0.25, 0.3) is 0 Å². The highest BCUT2D eigenvalue weighted by Gasteiger charge is 2.37. The first-order valence-corrected chi connectivity index (χ1v) is 8.35. The van der Waals surface area contributed by atoms with Crippen LogP contribution < -0.4 is 0 Å². The lowest BCUT2D eigenvalue weighted by Crippen LogP contribution is -2.54. The lowest BCUT2D eigenvalue weighted by atomic mass is 10.0. The topological polar surface area (TPSA) is 53.5 Å². The second-order valence-electron chi connectivity index (χ2n) is 7.03. The van der Waals surface area contributed by atoms with Gasteiger partial charge in [-0.1, -0.05) is 13.0 Å². The summed E-state index contributed by atoms with van der Waals surface area (Å²) in [5.74, 6) is 0.109. The fourth-order valence-electron chi connectivity index (χ4n) is 3.01. The van der Waals surface area contributed by atoms with E-state index in [1.807, 2.05) is 50.8 Å². The molecule has 2 heterocycles. The maximum absolute atomic E-state index is 13.2. The highest BCUT2D eigenvalue weighted by molar-refractivity contribution is 5.89. The molecule has 0 bridgehead atoms. The summed E-state index contributed by atoms with van der Waals surface area (Å²) in [4.78, 5) is 33.1. The standard InChI is InChI=1S/C18H27N3O2/c1-5-15(20-12-8-10-16(20)22)17(23)21(18(2,3)4)13-14-9-6-7-11-19-14/h6-7,9,11,15H,5,8,10,12-13H2,1-4H3. The van der Waals surface area contributed by atoms with E-state index >= 15 is 0 Å². The van der Waals surface area contributed by atoms with E-state index in [0.29, 0.717) is 25.9 Å². The number of aromatic nitrogens is 1. The van der Waals surface area contributed by atoms with Crippen molar-refractivity contribution in [1.29, 1.82) is 0 Å². The first-order chi connectivity index (χ1) is 10.8. The van der Waals surface area contributed by atoms with Crippen molar-refractivity contribution in [2.75, 3.05) is 6.54 Å². The molecule has 1 atom stereocenters. The summed E-state index contributed by atoms with van der Waals surface area (Å²) in [7, 11) is 0. The molecule has 2 rings (SSSR count). The zero-order valence-electron chi connectivity index (χ0n) is 14.6. The van der Waals surface area contributed by atoms with E-state index in [1.54, 1.807) is 11.1 Å². The van der Waals surface area contributed by atoms with E-state index in [0.717, 1.165) is 12.1 Å². The quantitative estimate of drug-likeness (QED) is 0.839. The molecule has 1 aliphatic rings. The second-order valence-corrected chi connectivity index (χ2v) is 7.03. The van der Waals surface area contributed by atoms with E-state index in [4.69, 9.17) is 0 Å². The van der Waals surface area contributed by atoms with Gasteiger partial charge in [0, 0.05) is 24.7 Å². The summed E-state index contributed by atoms with van der Waals surface area (Å²) in [6, 6.07) is 5.35. The molecule has 0 spiro atoms. The van der Waals surface area contributed by atoms with Crippen LogP contribution in [0.4, 0.5) is 0 Å². The zero-order valence-corrected chi connectivity index (χ0v) is 14.6. The molecule has 0 aliphatic carbocycles. The van der Waals surface area contributed by atoms with Gasteiger partial charge in [-0.25, -0.2) is 0 Å². The number of rotatable bonds is 5. The van der Waals surface area contributed by atoms with Gasteiger partial charge in [0.05, 0.1) is 12.2 Å². The van der Waals surface area contributed by atoms with Gasteiger partial charge in [0.1, 0.15) is 6.04 Å². The van der Waals surface area contributed by atoms with Gasteiger partial charge in [0.15, 0.2) is 0 Å². The van der Waals surface area contributed by atoms with Crippen LogP contribution in [0.3, 0.4) is 0 Å². The number of carbonyl (C=O) groups excluding carboxylic acids is 2. The largest absolute Gasteiger partial charge is 0.331 e. The van der Waals surface area contributed by atoms with Crippen LogP contribution in [0, 0.1) is 0 Å². The predicted molar refractivity (Wildman–Crippen MR) is 89.6 cm³/mol. The van der Waals surface area contributed by atoms with Crippen molar-refractivity contribution in [2.45, 2.75) is 65.1 Å². The molecule has 5 nitrogen and oxygen atoms in total.